The quantitative estimate of drug-likeness (QED) is 0.849. The van der Waals surface area contributed by atoms with E-state index in [-0.39, 0.29) is 11.9 Å². The molecule has 0 unspecified atom stereocenters. The smallest absolute Gasteiger partial charge is 0.241 e. The molecule has 0 saturated heterocycles. The van der Waals surface area contributed by atoms with Gasteiger partial charge in [-0.05, 0) is 55.7 Å². The lowest BCUT2D eigenvalue weighted by Crippen LogP contribution is -2.44. The Hall–Kier alpha value is -2.59. The Morgan fingerprint density at radius 2 is 1.88 bits per heavy atom. The van der Waals surface area contributed by atoms with Crippen LogP contribution in [0.15, 0.2) is 60.7 Å². The SMILES string of the molecule is CCOc1ccc(NC(=O)[C@H](C)N2CC=C(c3ccccc3)CC2)cc1. The lowest BCUT2D eigenvalue weighted by molar-refractivity contribution is -0.120. The highest BCUT2D eigenvalue weighted by Crippen LogP contribution is 2.23. The zero-order chi connectivity index (χ0) is 18.4. The molecule has 0 saturated carbocycles. The molecule has 0 aromatic heterocycles. The number of rotatable bonds is 6. The molecule has 0 fully saturated rings. The summed E-state index contributed by atoms with van der Waals surface area (Å²) >= 11 is 0. The van der Waals surface area contributed by atoms with Crippen LogP contribution in [0.4, 0.5) is 5.69 Å². The maximum atomic E-state index is 12.6. The molecular formula is C22H26N2O2. The van der Waals surface area contributed by atoms with Gasteiger partial charge >= 0.3 is 0 Å². The van der Waals surface area contributed by atoms with Crippen LogP contribution < -0.4 is 10.1 Å². The Kier molecular flexibility index (Phi) is 6.08. The van der Waals surface area contributed by atoms with Gasteiger partial charge in [0.05, 0.1) is 12.6 Å². The van der Waals surface area contributed by atoms with Crippen LogP contribution in [0.3, 0.4) is 0 Å². The molecular weight excluding hydrogens is 324 g/mol. The van der Waals surface area contributed by atoms with Crippen LogP contribution in [-0.4, -0.2) is 36.5 Å². The van der Waals surface area contributed by atoms with Crippen LogP contribution in [0, 0.1) is 0 Å². The van der Waals surface area contributed by atoms with E-state index >= 15 is 0 Å². The minimum Gasteiger partial charge on any atom is -0.494 e. The van der Waals surface area contributed by atoms with Crippen molar-refractivity contribution in [1.29, 1.82) is 0 Å². The van der Waals surface area contributed by atoms with Crippen molar-refractivity contribution in [1.82, 2.24) is 4.90 Å². The molecule has 0 radical (unpaired) electrons. The summed E-state index contributed by atoms with van der Waals surface area (Å²) in [6.45, 7) is 6.23. The number of anilines is 1. The lowest BCUT2D eigenvalue weighted by Gasteiger charge is -2.31. The van der Waals surface area contributed by atoms with Crippen molar-refractivity contribution in [3.8, 4) is 5.75 Å². The van der Waals surface area contributed by atoms with Gasteiger partial charge in [-0.2, -0.15) is 0 Å². The van der Waals surface area contributed by atoms with E-state index in [4.69, 9.17) is 4.74 Å². The van der Waals surface area contributed by atoms with Gasteiger partial charge in [0.1, 0.15) is 5.75 Å². The van der Waals surface area contributed by atoms with E-state index in [2.05, 4.69) is 40.6 Å². The van der Waals surface area contributed by atoms with Gasteiger partial charge in [0, 0.05) is 18.8 Å². The molecule has 1 aliphatic rings. The molecule has 0 bridgehead atoms. The van der Waals surface area contributed by atoms with Gasteiger partial charge in [0.25, 0.3) is 0 Å². The van der Waals surface area contributed by atoms with Crippen molar-refractivity contribution in [2.45, 2.75) is 26.3 Å². The summed E-state index contributed by atoms with van der Waals surface area (Å²) in [6, 6.07) is 17.8. The number of carbonyl (C=O) groups excluding carboxylic acids is 1. The monoisotopic (exact) mass is 350 g/mol. The third-order valence-corrected chi connectivity index (χ3v) is 4.75. The number of carbonyl (C=O) groups is 1. The highest BCUT2D eigenvalue weighted by molar-refractivity contribution is 5.94. The number of nitrogens with one attached hydrogen (secondary N) is 1. The number of nitrogens with zero attached hydrogens (tertiary/aromatic N) is 1. The van der Waals surface area contributed by atoms with Crippen molar-refractivity contribution in [3.05, 3.63) is 66.2 Å². The van der Waals surface area contributed by atoms with E-state index < -0.39 is 0 Å². The fourth-order valence-corrected chi connectivity index (χ4v) is 3.16. The maximum Gasteiger partial charge on any atom is 0.241 e. The van der Waals surface area contributed by atoms with Crippen LogP contribution >= 0.6 is 0 Å². The Labute approximate surface area is 155 Å². The van der Waals surface area contributed by atoms with Crippen LogP contribution in [0.5, 0.6) is 5.75 Å². The second-order valence-electron chi connectivity index (χ2n) is 6.46. The first-order valence-electron chi connectivity index (χ1n) is 9.19. The average molecular weight is 350 g/mol. The van der Waals surface area contributed by atoms with Gasteiger partial charge in [0.2, 0.25) is 5.91 Å². The van der Waals surface area contributed by atoms with Gasteiger partial charge in [-0.25, -0.2) is 0 Å². The fourth-order valence-electron chi connectivity index (χ4n) is 3.16. The summed E-state index contributed by atoms with van der Waals surface area (Å²) in [4.78, 5) is 14.8. The predicted octanol–water partition coefficient (Wildman–Crippen LogP) is 4.20. The second-order valence-corrected chi connectivity index (χ2v) is 6.46. The zero-order valence-corrected chi connectivity index (χ0v) is 15.4. The molecule has 1 heterocycles. The van der Waals surface area contributed by atoms with E-state index in [1.54, 1.807) is 0 Å². The summed E-state index contributed by atoms with van der Waals surface area (Å²) < 4.78 is 5.43. The van der Waals surface area contributed by atoms with E-state index in [9.17, 15) is 4.79 Å². The number of hydrogen-bond donors (Lipinski definition) is 1. The number of benzene rings is 2. The highest BCUT2D eigenvalue weighted by Gasteiger charge is 2.23. The molecule has 2 aromatic carbocycles. The lowest BCUT2D eigenvalue weighted by atomic mass is 9.99. The van der Waals surface area contributed by atoms with Gasteiger partial charge in [0.15, 0.2) is 0 Å². The number of ether oxygens (including phenoxy) is 1. The van der Waals surface area contributed by atoms with E-state index in [0.717, 1.165) is 30.9 Å². The molecule has 1 atom stereocenters. The van der Waals surface area contributed by atoms with E-state index in [1.165, 1.54) is 11.1 Å². The largest absolute Gasteiger partial charge is 0.494 e. The normalized spacial score (nSPS) is 15.8. The molecule has 0 aliphatic carbocycles. The Morgan fingerprint density at radius 3 is 2.50 bits per heavy atom. The molecule has 1 N–H and O–H groups in total. The van der Waals surface area contributed by atoms with Crippen molar-refractivity contribution in [2.75, 3.05) is 25.0 Å². The van der Waals surface area contributed by atoms with Crippen molar-refractivity contribution < 1.29 is 9.53 Å². The highest BCUT2D eigenvalue weighted by atomic mass is 16.5. The van der Waals surface area contributed by atoms with Crippen LogP contribution in [0.1, 0.15) is 25.8 Å². The first-order valence-corrected chi connectivity index (χ1v) is 9.19. The molecule has 1 aliphatic heterocycles. The Bertz CT molecular complexity index is 753. The molecule has 0 spiro atoms. The van der Waals surface area contributed by atoms with Gasteiger partial charge in [-0.1, -0.05) is 36.4 Å². The second kappa shape index (κ2) is 8.68. The van der Waals surface area contributed by atoms with Crippen molar-refractivity contribution in [3.63, 3.8) is 0 Å². The van der Waals surface area contributed by atoms with Crippen LogP contribution in [0.2, 0.25) is 0 Å². The summed E-state index contributed by atoms with van der Waals surface area (Å²) in [5.74, 6) is 0.832. The zero-order valence-electron chi connectivity index (χ0n) is 15.4. The van der Waals surface area contributed by atoms with Crippen LogP contribution in [-0.2, 0) is 4.79 Å². The standard InChI is InChI=1S/C22H26N2O2/c1-3-26-21-11-9-20(10-12-21)23-22(25)17(2)24-15-13-19(14-16-24)18-7-5-4-6-8-18/h4-13,17H,3,14-16H2,1-2H3,(H,23,25)/t17-/m0/s1. The number of hydrogen-bond acceptors (Lipinski definition) is 3. The minimum absolute atomic E-state index is 0.0192. The minimum atomic E-state index is -0.171. The number of amides is 1. The molecule has 26 heavy (non-hydrogen) atoms. The topological polar surface area (TPSA) is 41.6 Å². The molecule has 3 rings (SSSR count). The molecule has 4 heteroatoms. The fraction of sp³-hybridized carbons (Fsp3) is 0.318. The maximum absolute atomic E-state index is 12.6. The van der Waals surface area contributed by atoms with E-state index in [1.807, 2.05) is 44.2 Å². The molecule has 4 nitrogen and oxygen atoms in total. The average Bonchev–Trinajstić information content (AvgIpc) is 2.70. The third-order valence-electron chi connectivity index (χ3n) is 4.75. The van der Waals surface area contributed by atoms with Crippen LogP contribution in [0.25, 0.3) is 5.57 Å². The van der Waals surface area contributed by atoms with Gasteiger partial charge < -0.3 is 10.1 Å². The Balaban J connectivity index is 1.56. The van der Waals surface area contributed by atoms with E-state index in [0.29, 0.717) is 6.61 Å². The summed E-state index contributed by atoms with van der Waals surface area (Å²) in [5, 5.41) is 2.99. The molecule has 136 valence electrons. The first-order chi connectivity index (χ1) is 12.7. The third kappa shape index (κ3) is 4.52. The predicted molar refractivity (Wildman–Crippen MR) is 106 cm³/mol. The summed E-state index contributed by atoms with van der Waals surface area (Å²) in [5.41, 5.74) is 3.43. The molecule has 2 aromatic rings. The molecule has 1 amide bonds. The van der Waals surface area contributed by atoms with Crippen molar-refractivity contribution in [2.24, 2.45) is 0 Å². The summed E-state index contributed by atoms with van der Waals surface area (Å²) in [6.07, 6.45) is 3.20. The van der Waals surface area contributed by atoms with Gasteiger partial charge in [-0.15, -0.1) is 0 Å². The summed E-state index contributed by atoms with van der Waals surface area (Å²) in [7, 11) is 0. The van der Waals surface area contributed by atoms with Gasteiger partial charge in [-0.3, -0.25) is 9.69 Å². The van der Waals surface area contributed by atoms with Crippen molar-refractivity contribution >= 4 is 17.2 Å². The first kappa shape index (κ1) is 18.2. The Morgan fingerprint density at radius 1 is 1.15 bits per heavy atom.